The van der Waals surface area contributed by atoms with Gasteiger partial charge in [-0.15, -0.1) is 0 Å². The van der Waals surface area contributed by atoms with Crippen molar-refractivity contribution in [3.05, 3.63) is 62.2 Å². The van der Waals surface area contributed by atoms with Gasteiger partial charge in [0.25, 0.3) is 0 Å². The number of fused-ring (bicyclic) bond motifs is 5. The minimum atomic E-state index is -1.49. The summed E-state index contributed by atoms with van der Waals surface area (Å²) < 4.78 is 5.60. The lowest BCUT2D eigenvalue weighted by Crippen LogP contribution is -2.44. The second-order valence-corrected chi connectivity index (χ2v) is 11.9. The molecule has 0 radical (unpaired) electrons. The van der Waals surface area contributed by atoms with Crippen molar-refractivity contribution in [1.29, 1.82) is 0 Å². The number of phenolic OH excluding ortho intramolecular Hbond substituents is 3. The number of aromatic carboxylic acids is 1. The molecule has 0 saturated carbocycles. The zero-order valence-electron chi connectivity index (χ0n) is 24.4. The number of benzene rings is 3. The summed E-state index contributed by atoms with van der Waals surface area (Å²) in [7, 11) is 1.27. The van der Waals surface area contributed by atoms with Gasteiger partial charge in [0.2, 0.25) is 5.78 Å². The van der Waals surface area contributed by atoms with Gasteiger partial charge in [-0.3, -0.25) is 15.0 Å². The molecule has 3 aromatic carbocycles. The molecular formula is C31H29N3O9S. The maximum absolute atomic E-state index is 13.7. The first kappa shape index (κ1) is 30.3. The maximum Gasteiger partial charge on any atom is 0.340 e. The number of rotatable bonds is 4. The van der Waals surface area contributed by atoms with Crippen LogP contribution < -0.4 is 15.5 Å². The fourth-order valence-corrected chi connectivity index (χ4v) is 6.05. The van der Waals surface area contributed by atoms with Crippen LogP contribution in [0, 0.1) is 6.92 Å². The van der Waals surface area contributed by atoms with Crippen LogP contribution in [0.25, 0.3) is 11.1 Å². The van der Waals surface area contributed by atoms with Gasteiger partial charge in [0.15, 0.2) is 10.9 Å². The molecule has 5 rings (SSSR count). The number of methoxy groups -OCH3 is 1. The van der Waals surface area contributed by atoms with E-state index in [0.29, 0.717) is 5.56 Å². The van der Waals surface area contributed by atoms with Crippen molar-refractivity contribution in [3.63, 3.8) is 0 Å². The summed E-state index contributed by atoms with van der Waals surface area (Å²) in [6, 6.07) is 2.54. The third-order valence-corrected chi connectivity index (χ3v) is 7.76. The number of phenols is 4. The molecule has 0 amide bonds. The Morgan fingerprint density at radius 2 is 1.64 bits per heavy atom. The number of aryl methyl sites for hydroxylation is 1. The maximum atomic E-state index is 13.7. The largest absolute Gasteiger partial charge is 0.508 e. The highest BCUT2D eigenvalue weighted by molar-refractivity contribution is 7.80. The fraction of sp³-hybridized carbons (Fsp3) is 0.258. The number of nitrogens with one attached hydrogen (secondary N) is 2. The Kier molecular flexibility index (Phi) is 7.25. The summed E-state index contributed by atoms with van der Waals surface area (Å²) in [5.74, 6) is -5.58. The number of carboxylic acids is 1. The van der Waals surface area contributed by atoms with E-state index < -0.39 is 51.7 Å². The van der Waals surface area contributed by atoms with Crippen molar-refractivity contribution in [2.75, 3.05) is 7.11 Å². The van der Waals surface area contributed by atoms with E-state index in [9.17, 15) is 39.9 Å². The standard InChI is InChI=1S/C31H29N3O9S/c1-11-16(35)9-15-20(23(11)36)27(40)22-21(24(15)37)26(39)19-14(28(22)43-5)7-6-12-8-13(18(29(41)42)25(38)17(12)19)10-32-34-30(44)33-31(2,3)4/h8-10,35-36,38-39H,6-7H2,1-5H3,(H,41,42)(H2,33,34,44)/b32-10+. The number of hydrogen-bond acceptors (Lipinski definition) is 10. The minimum absolute atomic E-state index is 0.00335. The van der Waals surface area contributed by atoms with E-state index in [-0.39, 0.29) is 73.8 Å². The van der Waals surface area contributed by atoms with E-state index in [4.69, 9.17) is 17.0 Å². The normalized spacial score (nSPS) is 13.6. The molecule has 0 heterocycles. The highest BCUT2D eigenvalue weighted by atomic mass is 32.1. The Bertz CT molecular complexity index is 1870. The number of nitrogens with zero attached hydrogens (tertiary/aromatic N) is 1. The Morgan fingerprint density at radius 3 is 2.25 bits per heavy atom. The Morgan fingerprint density at radius 1 is 0.955 bits per heavy atom. The highest BCUT2D eigenvalue weighted by Gasteiger charge is 2.42. The summed E-state index contributed by atoms with van der Waals surface area (Å²) in [6.07, 6.45) is 1.62. The number of hydrazone groups is 1. The summed E-state index contributed by atoms with van der Waals surface area (Å²) in [5.41, 5.74) is 0.981. The number of hydrogen-bond donors (Lipinski definition) is 7. The molecule has 3 aromatic rings. The van der Waals surface area contributed by atoms with Crippen LogP contribution in [0.5, 0.6) is 28.7 Å². The summed E-state index contributed by atoms with van der Waals surface area (Å²) in [6.45, 7) is 7.06. The third kappa shape index (κ3) is 4.65. The van der Waals surface area contributed by atoms with Crippen LogP contribution in [0.4, 0.5) is 0 Å². The van der Waals surface area contributed by atoms with E-state index in [0.717, 1.165) is 6.07 Å². The first-order valence-electron chi connectivity index (χ1n) is 13.4. The molecule has 0 aromatic heterocycles. The first-order valence-corrected chi connectivity index (χ1v) is 13.8. The smallest absolute Gasteiger partial charge is 0.340 e. The van der Waals surface area contributed by atoms with Crippen LogP contribution in [0.2, 0.25) is 0 Å². The van der Waals surface area contributed by atoms with Gasteiger partial charge in [0.05, 0.1) is 30.0 Å². The molecule has 13 heteroatoms. The third-order valence-electron chi connectivity index (χ3n) is 7.56. The lowest BCUT2D eigenvalue weighted by Gasteiger charge is -2.30. The second kappa shape index (κ2) is 10.5. The topological polar surface area (TPSA) is 198 Å². The van der Waals surface area contributed by atoms with Crippen molar-refractivity contribution >= 4 is 41.1 Å². The number of ketones is 2. The zero-order chi connectivity index (χ0) is 32.4. The number of ether oxygens (including phenoxy) is 1. The molecule has 0 aliphatic heterocycles. The van der Waals surface area contributed by atoms with Crippen LogP contribution in [-0.4, -0.2) is 67.0 Å². The van der Waals surface area contributed by atoms with Crippen molar-refractivity contribution in [1.82, 2.24) is 10.7 Å². The van der Waals surface area contributed by atoms with Gasteiger partial charge in [0, 0.05) is 38.9 Å². The molecule has 2 aliphatic rings. The molecular weight excluding hydrogens is 590 g/mol. The predicted molar refractivity (Wildman–Crippen MR) is 164 cm³/mol. The van der Waals surface area contributed by atoms with Crippen molar-refractivity contribution < 1.29 is 44.7 Å². The molecule has 0 saturated heterocycles. The molecule has 228 valence electrons. The number of carboxylic acid groups (broad SMARTS) is 1. The van der Waals surface area contributed by atoms with E-state index >= 15 is 0 Å². The zero-order valence-corrected chi connectivity index (χ0v) is 25.2. The number of carbonyl (C=O) groups is 3. The van der Waals surface area contributed by atoms with Gasteiger partial charge >= 0.3 is 5.97 Å². The average molecular weight is 620 g/mol. The van der Waals surface area contributed by atoms with Gasteiger partial charge in [0.1, 0.15) is 34.3 Å². The first-order chi connectivity index (χ1) is 20.6. The Hall–Kier alpha value is -5.17. The van der Waals surface area contributed by atoms with E-state index in [1.807, 2.05) is 20.8 Å². The molecule has 0 unspecified atom stereocenters. The Labute approximate surface area is 256 Å². The summed E-state index contributed by atoms with van der Waals surface area (Å²) in [4.78, 5) is 39.9. The number of thiocarbonyl (C=S) groups is 1. The minimum Gasteiger partial charge on any atom is -0.508 e. The number of carbonyl (C=O) groups excluding carboxylic acids is 2. The van der Waals surface area contributed by atoms with Gasteiger partial charge in [-0.2, -0.15) is 5.10 Å². The van der Waals surface area contributed by atoms with Crippen LogP contribution in [0.1, 0.15) is 85.2 Å². The van der Waals surface area contributed by atoms with Gasteiger partial charge in [-0.1, -0.05) is 0 Å². The fourth-order valence-electron chi connectivity index (χ4n) is 5.69. The van der Waals surface area contributed by atoms with Crippen LogP contribution in [0.3, 0.4) is 0 Å². The van der Waals surface area contributed by atoms with Crippen molar-refractivity contribution in [3.8, 4) is 39.9 Å². The predicted octanol–water partition coefficient (Wildman–Crippen LogP) is 3.66. The van der Waals surface area contributed by atoms with E-state index in [1.54, 1.807) is 0 Å². The summed E-state index contributed by atoms with van der Waals surface area (Å²) >= 11 is 5.20. The molecule has 12 nitrogen and oxygen atoms in total. The monoisotopic (exact) mass is 619 g/mol. The van der Waals surface area contributed by atoms with E-state index in [2.05, 4.69) is 15.8 Å². The van der Waals surface area contributed by atoms with Crippen LogP contribution >= 0.6 is 12.2 Å². The van der Waals surface area contributed by atoms with Gasteiger partial charge in [-0.05, 0) is 70.5 Å². The Balaban J connectivity index is 1.72. The van der Waals surface area contributed by atoms with Gasteiger partial charge < -0.3 is 35.6 Å². The van der Waals surface area contributed by atoms with E-state index in [1.165, 1.54) is 26.3 Å². The average Bonchev–Trinajstić information content (AvgIpc) is 2.92. The molecule has 0 atom stereocenters. The number of aromatic hydroxyl groups is 4. The van der Waals surface area contributed by atoms with Crippen molar-refractivity contribution in [2.24, 2.45) is 5.10 Å². The second-order valence-electron chi connectivity index (χ2n) is 11.5. The molecule has 0 fully saturated rings. The molecule has 44 heavy (non-hydrogen) atoms. The molecule has 0 bridgehead atoms. The van der Waals surface area contributed by atoms with Gasteiger partial charge in [-0.25, -0.2) is 4.79 Å². The van der Waals surface area contributed by atoms with Crippen molar-refractivity contribution in [2.45, 2.75) is 46.1 Å². The van der Waals surface area contributed by atoms with Crippen LogP contribution in [0.15, 0.2) is 17.2 Å². The summed E-state index contributed by atoms with van der Waals surface area (Å²) in [5, 5.41) is 61.2. The highest BCUT2D eigenvalue weighted by Crippen LogP contribution is 2.54. The molecule has 7 N–H and O–H groups in total. The lowest BCUT2D eigenvalue weighted by atomic mass is 9.74. The quantitative estimate of drug-likeness (QED) is 0.0996. The molecule has 2 aliphatic carbocycles. The SMILES string of the molecule is COc1c2c(c(O)c3c1C(=O)c1c(cc(O)c(C)c1O)C3=O)-c1c(cc(/C=N/NC(=S)NC(C)(C)C)c(C(=O)O)c1O)CC2. The van der Waals surface area contributed by atoms with Crippen LogP contribution in [-0.2, 0) is 12.8 Å². The lowest BCUT2D eigenvalue weighted by molar-refractivity contribution is 0.0693. The molecule has 0 spiro atoms.